The van der Waals surface area contributed by atoms with Crippen molar-refractivity contribution in [1.82, 2.24) is 0 Å². The molecule has 1 aliphatic heterocycles. The van der Waals surface area contributed by atoms with Crippen molar-refractivity contribution < 1.29 is 14.3 Å². The zero-order valence-corrected chi connectivity index (χ0v) is 11.5. The summed E-state index contributed by atoms with van der Waals surface area (Å²) in [5.41, 5.74) is 6.85. The summed E-state index contributed by atoms with van der Waals surface area (Å²) < 4.78 is 5.41. The molecule has 21 heavy (non-hydrogen) atoms. The van der Waals surface area contributed by atoms with Gasteiger partial charge < -0.3 is 21.2 Å². The molecule has 0 radical (unpaired) electrons. The minimum Gasteiger partial charge on any atom is -0.494 e. The molecule has 0 saturated heterocycles. The van der Waals surface area contributed by atoms with Gasteiger partial charge in [-0.05, 0) is 25.1 Å². The predicted octanol–water partition coefficient (Wildman–Crippen LogP) is 0.858. The molecule has 1 aromatic carbocycles. The fourth-order valence-corrected chi connectivity index (χ4v) is 2.73. The summed E-state index contributed by atoms with van der Waals surface area (Å²) in [5, 5.41) is 11.3. The fraction of sp³-hybridized carbons (Fsp3) is 0.267. The third-order valence-corrected chi connectivity index (χ3v) is 3.72. The molecular formula is C15H15N3O3. The summed E-state index contributed by atoms with van der Waals surface area (Å²) in [7, 11) is 0. The van der Waals surface area contributed by atoms with Gasteiger partial charge >= 0.3 is 0 Å². The summed E-state index contributed by atoms with van der Waals surface area (Å²) in [6, 6.07) is 4.43. The molecule has 0 aromatic heterocycles. The second kappa shape index (κ2) is 4.73. The monoisotopic (exact) mass is 285 g/mol. The first-order valence-corrected chi connectivity index (χ1v) is 6.70. The lowest BCUT2D eigenvalue weighted by atomic mass is 9.77. The smallest absolute Gasteiger partial charge is 0.201 e. The Morgan fingerprint density at radius 3 is 2.86 bits per heavy atom. The van der Waals surface area contributed by atoms with Crippen LogP contribution in [0, 0.1) is 11.3 Å². The van der Waals surface area contributed by atoms with Gasteiger partial charge in [0, 0.05) is 17.3 Å². The van der Waals surface area contributed by atoms with Gasteiger partial charge in [0.25, 0.3) is 0 Å². The van der Waals surface area contributed by atoms with Crippen LogP contribution < -0.4 is 15.8 Å². The van der Waals surface area contributed by atoms with E-state index in [1.165, 1.54) is 0 Å². The van der Waals surface area contributed by atoms with Crippen LogP contribution in [0.25, 0.3) is 0 Å². The van der Waals surface area contributed by atoms with E-state index in [-0.39, 0.29) is 23.0 Å². The third-order valence-electron chi connectivity index (χ3n) is 3.72. The van der Waals surface area contributed by atoms with Crippen molar-refractivity contribution in [3.8, 4) is 5.75 Å². The van der Waals surface area contributed by atoms with Gasteiger partial charge in [-0.1, -0.05) is 0 Å². The summed E-state index contributed by atoms with van der Waals surface area (Å²) >= 11 is 0. The number of ether oxygens (including phenoxy) is 1. The van der Waals surface area contributed by atoms with E-state index in [1.54, 1.807) is 18.2 Å². The van der Waals surface area contributed by atoms with Crippen LogP contribution in [0.15, 0.2) is 30.0 Å². The molecule has 6 nitrogen and oxygen atoms in total. The van der Waals surface area contributed by atoms with Gasteiger partial charge in [0.15, 0.2) is 5.78 Å². The number of nitrogens with two attached hydrogens (primary N) is 1. The lowest BCUT2D eigenvalue weighted by Crippen LogP contribution is -2.52. The normalized spacial score (nSPS) is 23.9. The highest BCUT2D eigenvalue weighted by Gasteiger charge is 2.44. The Labute approximate surface area is 121 Å². The maximum Gasteiger partial charge on any atom is 0.201 e. The molecule has 2 atom stereocenters. The number of hydrogen-bond acceptors (Lipinski definition) is 6. The molecule has 1 aliphatic carbocycles. The van der Waals surface area contributed by atoms with Crippen molar-refractivity contribution in [3.63, 3.8) is 0 Å². The first-order chi connectivity index (χ1) is 10.0. The molecule has 2 aliphatic rings. The average Bonchev–Trinajstić information content (AvgIpc) is 2.45. The number of benzene rings is 1. The standard InChI is InChI=1S/C15H15N3O3/c1-2-21-7-3-4-10-8(5-7)13(17)12-11(19)6-9(16)15(20)14(12)18-10/h3-6,12,14,17-18H,2,16H2,1H3. The van der Waals surface area contributed by atoms with Crippen LogP contribution in [0.2, 0.25) is 0 Å². The first-order valence-electron chi connectivity index (χ1n) is 6.70. The number of anilines is 1. The molecule has 2 unspecified atom stereocenters. The Morgan fingerprint density at radius 2 is 2.14 bits per heavy atom. The summed E-state index contributed by atoms with van der Waals surface area (Å²) in [4.78, 5) is 24.2. The van der Waals surface area contributed by atoms with E-state index in [9.17, 15) is 9.59 Å². The second-order valence-corrected chi connectivity index (χ2v) is 5.02. The van der Waals surface area contributed by atoms with Crippen LogP contribution in [0.4, 0.5) is 5.69 Å². The Bertz CT molecular complexity index is 693. The molecule has 6 heteroatoms. The van der Waals surface area contributed by atoms with E-state index >= 15 is 0 Å². The highest BCUT2D eigenvalue weighted by molar-refractivity contribution is 6.27. The molecule has 0 spiro atoms. The zero-order chi connectivity index (χ0) is 15.1. The van der Waals surface area contributed by atoms with E-state index in [0.717, 1.165) is 6.08 Å². The summed E-state index contributed by atoms with van der Waals surface area (Å²) in [6.45, 7) is 2.39. The third kappa shape index (κ3) is 1.99. The maximum atomic E-state index is 12.1. The Kier molecular flexibility index (Phi) is 3.01. The van der Waals surface area contributed by atoms with Crippen LogP contribution >= 0.6 is 0 Å². The summed E-state index contributed by atoms with van der Waals surface area (Å²) in [5.74, 6) is -0.856. The highest BCUT2D eigenvalue weighted by atomic mass is 16.5. The Balaban J connectivity index is 2.06. The van der Waals surface area contributed by atoms with Crippen molar-refractivity contribution >= 4 is 23.0 Å². The minimum atomic E-state index is -0.825. The van der Waals surface area contributed by atoms with Crippen molar-refractivity contribution in [1.29, 1.82) is 5.41 Å². The predicted molar refractivity (Wildman–Crippen MR) is 77.6 cm³/mol. The molecule has 108 valence electrons. The van der Waals surface area contributed by atoms with Gasteiger partial charge in [0.2, 0.25) is 5.78 Å². The topological polar surface area (TPSA) is 105 Å². The van der Waals surface area contributed by atoms with Crippen LogP contribution in [-0.4, -0.2) is 29.9 Å². The lowest BCUT2D eigenvalue weighted by molar-refractivity contribution is -0.124. The molecule has 0 amide bonds. The van der Waals surface area contributed by atoms with Gasteiger partial charge in [-0.25, -0.2) is 0 Å². The average molecular weight is 285 g/mol. The van der Waals surface area contributed by atoms with Crippen LogP contribution in [0.5, 0.6) is 5.75 Å². The van der Waals surface area contributed by atoms with Crippen LogP contribution in [0.1, 0.15) is 12.5 Å². The molecular weight excluding hydrogens is 270 g/mol. The van der Waals surface area contributed by atoms with Gasteiger partial charge in [-0.15, -0.1) is 0 Å². The van der Waals surface area contributed by atoms with Crippen molar-refractivity contribution in [2.24, 2.45) is 11.7 Å². The van der Waals surface area contributed by atoms with Crippen LogP contribution in [0.3, 0.4) is 0 Å². The molecule has 1 heterocycles. The number of allylic oxidation sites excluding steroid dienone is 1. The molecule has 0 fully saturated rings. The molecule has 0 saturated carbocycles. The minimum absolute atomic E-state index is 0.0593. The van der Waals surface area contributed by atoms with E-state index in [2.05, 4.69) is 5.32 Å². The van der Waals surface area contributed by atoms with Gasteiger partial charge in [-0.2, -0.15) is 0 Å². The zero-order valence-electron chi connectivity index (χ0n) is 11.5. The quantitative estimate of drug-likeness (QED) is 0.747. The molecule has 1 aromatic rings. The second-order valence-electron chi connectivity index (χ2n) is 5.02. The van der Waals surface area contributed by atoms with Crippen molar-refractivity contribution in [2.75, 3.05) is 11.9 Å². The Hall–Kier alpha value is -2.63. The summed E-state index contributed by atoms with van der Waals surface area (Å²) in [6.07, 6.45) is 1.12. The number of hydrogen-bond donors (Lipinski definition) is 3. The van der Waals surface area contributed by atoms with E-state index in [1.807, 2.05) is 6.92 Å². The molecule has 0 bridgehead atoms. The number of carbonyl (C=O) groups excluding carboxylic acids is 2. The maximum absolute atomic E-state index is 12.1. The number of carbonyl (C=O) groups is 2. The van der Waals surface area contributed by atoms with Gasteiger partial charge in [-0.3, -0.25) is 9.59 Å². The van der Waals surface area contributed by atoms with Crippen molar-refractivity contribution in [3.05, 3.63) is 35.5 Å². The molecule has 3 rings (SSSR count). The number of fused-ring (bicyclic) bond motifs is 2. The highest BCUT2D eigenvalue weighted by Crippen LogP contribution is 2.34. The lowest BCUT2D eigenvalue weighted by Gasteiger charge is -2.35. The number of rotatable bonds is 2. The number of Topliss-reactive ketones (excluding diaryl/α,β-unsaturated/α-hetero) is 1. The SMILES string of the molecule is CCOc1ccc2c(c1)C(=N)C1C(=O)C=C(N)C(=O)C1N2. The van der Waals surface area contributed by atoms with E-state index in [0.29, 0.717) is 23.6 Å². The van der Waals surface area contributed by atoms with Crippen molar-refractivity contribution in [2.45, 2.75) is 13.0 Å². The molecule has 4 N–H and O–H groups in total. The largest absolute Gasteiger partial charge is 0.494 e. The first kappa shape index (κ1) is 13.4. The van der Waals surface area contributed by atoms with E-state index in [4.69, 9.17) is 15.9 Å². The number of ketones is 2. The van der Waals surface area contributed by atoms with Gasteiger partial charge in [0.05, 0.1) is 23.9 Å². The Morgan fingerprint density at radius 1 is 1.38 bits per heavy atom. The number of nitrogens with one attached hydrogen (secondary N) is 2. The fourth-order valence-electron chi connectivity index (χ4n) is 2.73. The van der Waals surface area contributed by atoms with Crippen LogP contribution in [-0.2, 0) is 9.59 Å². The van der Waals surface area contributed by atoms with Gasteiger partial charge in [0.1, 0.15) is 11.8 Å². The van der Waals surface area contributed by atoms with E-state index < -0.39 is 12.0 Å².